The molecule has 1 heterocycles. The van der Waals surface area contributed by atoms with Crippen LogP contribution in [0.1, 0.15) is 35.7 Å². The maximum absolute atomic E-state index is 12.2. The van der Waals surface area contributed by atoms with E-state index in [1.165, 1.54) is 12.8 Å². The monoisotopic (exact) mass is 473 g/mol. The van der Waals surface area contributed by atoms with Crippen LogP contribution in [0.2, 0.25) is 0 Å². The second kappa shape index (κ2) is 11.4. The number of hydrogen-bond donors (Lipinski definition) is 2. The van der Waals surface area contributed by atoms with Crippen LogP contribution >= 0.6 is 24.0 Å². The van der Waals surface area contributed by atoms with Gasteiger partial charge < -0.3 is 20.9 Å². The molecule has 0 radical (unpaired) electrons. The van der Waals surface area contributed by atoms with Gasteiger partial charge in [-0.1, -0.05) is 19.1 Å². The van der Waals surface area contributed by atoms with Crippen molar-refractivity contribution in [1.29, 1.82) is 0 Å². The van der Waals surface area contributed by atoms with Gasteiger partial charge in [-0.05, 0) is 50.6 Å². The molecule has 26 heavy (non-hydrogen) atoms. The maximum atomic E-state index is 12.2. The first-order valence-electron chi connectivity index (χ1n) is 9.02. The lowest BCUT2D eigenvalue weighted by atomic mass is 10.0. The number of piperidine rings is 1. The quantitative estimate of drug-likeness (QED) is 0.377. The van der Waals surface area contributed by atoms with E-state index >= 15 is 0 Å². The zero-order valence-electron chi connectivity index (χ0n) is 16.1. The molecule has 1 aliphatic rings. The maximum Gasteiger partial charge on any atom is 0.251 e. The van der Waals surface area contributed by atoms with Crippen molar-refractivity contribution < 1.29 is 4.79 Å². The summed E-state index contributed by atoms with van der Waals surface area (Å²) in [5.41, 5.74) is 7.80. The molecule has 0 aromatic heterocycles. The summed E-state index contributed by atoms with van der Waals surface area (Å²) in [6, 6.07) is 7.59. The molecule has 1 fully saturated rings. The van der Waals surface area contributed by atoms with Crippen LogP contribution < -0.4 is 11.1 Å². The molecule has 1 unspecified atom stereocenters. The standard InChI is InChI=1S/C19H31N5O.HI/c1-15-6-5-10-24(14-15)19(20)22-13-16-7-4-8-17(12-16)18(25)21-9-11-23(2)3;/h4,7-8,12,15H,5-6,9-11,13-14H2,1-3H3,(H2,20,22)(H,21,25);1H. The number of carbonyl (C=O) groups excluding carboxylic acids is 1. The molecule has 146 valence electrons. The summed E-state index contributed by atoms with van der Waals surface area (Å²) < 4.78 is 0. The summed E-state index contributed by atoms with van der Waals surface area (Å²) in [7, 11) is 3.97. The van der Waals surface area contributed by atoms with E-state index in [9.17, 15) is 4.79 Å². The summed E-state index contributed by atoms with van der Waals surface area (Å²) in [5.74, 6) is 1.22. The Balaban J connectivity index is 0.00000338. The van der Waals surface area contributed by atoms with E-state index in [-0.39, 0.29) is 29.9 Å². The first-order valence-corrected chi connectivity index (χ1v) is 9.02. The van der Waals surface area contributed by atoms with E-state index in [2.05, 4.69) is 22.1 Å². The third-order valence-electron chi connectivity index (χ3n) is 4.44. The molecule has 3 N–H and O–H groups in total. The zero-order valence-corrected chi connectivity index (χ0v) is 18.4. The third kappa shape index (κ3) is 7.49. The number of hydrogen-bond acceptors (Lipinski definition) is 3. The molecular weight excluding hydrogens is 441 g/mol. The van der Waals surface area contributed by atoms with E-state index in [0.29, 0.717) is 30.5 Å². The minimum atomic E-state index is -0.0505. The minimum Gasteiger partial charge on any atom is -0.370 e. The van der Waals surface area contributed by atoms with Crippen LogP contribution in [0.5, 0.6) is 0 Å². The van der Waals surface area contributed by atoms with Crippen LogP contribution in [-0.4, -0.2) is 61.9 Å². The van der Waals surface area contributed by atoms with Crippen molar-refractivity contribution in [3.63, 3.8) is 0 Å². The normalized spacial score (nSPS) is 17.8. The number of halogens is 1. The zero-order chi connectivity index (χ0) is 18.2. The topological polar surface area (TPSA) is 74.0 Å². The number of nitrogens with zero attached hydrogens (tertiary/aromatic N) is 3. The highest BCUT2D eigenvalue weighted by atomic mass is 127. The van der Waals surface area contributed by atoms with Crippen LogP contribution in [0.25, 0.3) is 0 Å². The summed E-state index contributed by atoms with van der Waals surface area (Å²) in [5, 5.41) is 2.93. The van der Waals surface area contributed by atoms with Crippen LogP contribution in [0.3, 0.4) is 0 Å². The third-order valence-corrected chi connectivity index (χ3v) is 4.44. The molecular formula is C19H32IN5O. The van der Waals surface area contributed by atoms with E-state index in [4.69, 9.17) is 5.73 Å². The van der Waals surface area contributed by atoms with Crippen molar-refractivity contribution in [2.45, 2.75) is 26.3 Å². The molecule has 1 aromatic carbocycles. The van der Waals surface area contributed by atoms with Crippen molar-refractivity contribution in [2.75, 3.05) is 40.3 Å². The molecule has 7 heteroatoms. The molecule has 2 rings (SSSR count). The number of carbonyl (C=O) groups is 1. The Kier molecular flexibility index (Phi) is 9.93. The molecule has 1 atom stereocenters. The number of nitrogens with one attached hydrogen (secondary N) is 1. The van der Waals surface area contributed by atoms with Crippen LogP contribution in [0.4, 0.5) is 0 Å². The van der Waals surface area contributed by atoms with E-state index in [1.807, 2.05) is 43.3 Å². The average Bonchev–Trinajstić information content (AvgIpc) is 2.59. The molecule has 1 aromatic rings. The summed E-state index contributed by atoms with van der Waals surface area (Å²) >= 11 is 0. The summed E-state index contributed by atoms with van der Waals surface area (Å²) in [6.45, 7) is 6.15. The molecule has 1 amide bonds. The van der Waals surface area contributed by atoms with Gasteiger partial charge >= 0.3 is 0 Å². The van der Waals surface area contributed by atoms with Gasteiger partial charge in [0.2, 0.25) is 0 Å². The average molecular weight is 473 g/mol. The number of rotatable bonds is 6. The number of benzene rings is 1. The Hall–Kier alpha value is -1.35. The number of amides is 1. The van der Waals surface area contributed by atoms with Gasteiger partial charge in [0.15, 0.2) is 5.96 Å². The second-order valence-electron chi connectivity index (χ2n) is 7.13. The Morgan fingerprint density at radius 1 is 1.42 bits per heavy atom. The lowest BCUT2D eigenvalue weighted by Gasteiger charge is -2.31. The van der Waals surface area contributed by atoms with Gasteiger partial charge in [-0.3, -0.25) is 4.79 Å². The lowest BCUT2D eigenvalue weighted by molar-refractivity contribution is 0.0951. The Morgan fingerprint density at radius 3 is 2.88 bits per heavy atom. The highest BCUT2D eigenvalue weighted by molar-refractivity contribution is 14.0. The van der Waals surface area contributed by atoms with Crippen molar-refractivity contribution in [3.05, 3.63) is 35.4 Å². The summed E-state index contributed by atoms with van der Waals surface area (Å²) in [6.07, 6.45) is 2.43. The number of likely N-dealkylation sites (N-methyl/N-ethyl adjacent to an activating group) is 1. The summed E-state index contributed by atoms with van der Waals surface area (Å²) in [4.78, 5) is 20.9. The van der Waals surface area contributed by atoms with E-state index in [1.54, 1.807) is 0 Å². The van der Waals surface area contributed by atoms with Crippen LogP contribution in [0.15, 0.2) is 29.3 Å². The fourth-order valence-electron chi connectivity index (χ4n) is 2.98. The fourth-order valence-corrected chi connectivity index (χ4v) is 2.98. The minimum absolute atomic E-state index is 0. The molecule has 1 aliphatic heterocycles. The first kappa shape index (κ1) is 22.7. The molecule has 1 saturated heterocycles. The van der Waals surface area contributed by atoms with E-state index in [0.717, 1.165) is 25.2 Å². The van der Waals surface area contributed by atoms with E-state index < -0.39 is 0 Å². The van der Waals surface area contributed by atoms with Crippen LogP contribution in [0, 0.1) is 5.92 Å². The SMILES string of the molecule is CC1CCCN(C(N)=NCc2cccc(C(=O)NCCN(C)C)c2)C1.I. The van der Waals surface area contributed by atoms with Gasteiger partial charge in [0.1, 0.15) is 0 Å². The Labute approximate surface area is 174 Å². The largest absolute Gasteiger partial charge is 0.370 e. The lowest BCUT2D eigenvalue weighted by Crippen LogP contribution is -2.43. The van der Waals surface area contributed by atoms with Crippen LogP contribution in [-0.2, 0) is 6.54 Å². The second-order valence-corrected chi connectivity index (χ2v) is 7.13. The van der Waals surface area contributed by atoms with Gasteiger partial charge in [-0.2, -0.15) is 0 Å². The molecule has 0 aliphatic carbocycles. The highest BCUT2D eigenvalue weighted by Gasteiger charge is 2.17. The van der Waals surface area contributed by atoms with Crippen molar-refractivity contribution >= 4 is 35.8 Å². The van der Waals surface area contributed by atoms with Gasteiger partial charge in [0.05, 0.1) is 6.54 Å². The smallest absolute Gasteiger partial charge is 0.251 e. The molecule has 0 spiro atoms. The molecule has 0 bridgehead atoms. The number of guanidine groups is 1. The molecule has 0 saturated carbocycles. The Bertz CT molecular complexity index is 605. The number of likely N-dealkylation sites (tertiary alicyclic amines) is 1. The predicted molar refractivity (Wildman–Crippen MR) is 118 cm³/mol. The number of aliphatic imine (C=N–C) groups is 1. The highest BCUT2D eigenvalue weighted by Crippen LogP contribution is 2.15. The van der Waals surface area contributed by atoms with Gasteiger partial charge in [0, 0.05) is 31.7 Å². The fraction of sp³-hybridized carbons (Fsp3) is 0.579. The first-order chi connectivity index (χ1) is 12.0. The molecule has 6 nitrogen and oxygen atoms in total. The number of nitrogens with two attached hydrogens (primary N) is 1. The van der Waals surface area contributed by atoms with Gasteiger partial charge in [0.25, 0.3) is 5.91 Å². The van der Waals surface area contributed by atoms with Gasteiger partial charge in [-0.25, -0.2) is 4.99 Å². The van der Waals surface area contributed by atoms with Gasteiger partial charge in [-0.15, -0.1) is 24.0 Å². The van der Waals surface area contributed by atoms with Crippen molar-refractivity contribution in [2.24, 2.45) is 16.6 Å². The predicted octanol–water partition coefficient (Wildman–Crippen LogP) is 2.14. The van der Waals surface area contributed by atoms with Crippen molar-refractivity contribution in [3.8, 4) is 0 Å². The Morgan fingerprint density at radius 2 is 2.19 bits per heavy atom. The van der Waals surface area contributed by atoms with Crippen molar-refractivity contribution in [1.82, 2.24) is 15.1 Å².